The first kappa shape index (κ1) is 31.1. The minimum absolute atomic E-state index is 0.600. The van der Waals surface area contributed by atoms with E-state index in [-0.39, 0.29) is 0 Å². The van der Waals surface area contributed by atoms with Gasteiger partial charge in [-0.1, -0.05) is 121 Å². The SMILES string of the molecule is c1ccc(-c2cccc(N(c3ccc(-c4cc5ccccc5c5ccccc45)cc3)c3ccc4c(c3)oc3cc5oc(-c6ccccc6)nc5cc34)c2)cc1. The van der Waals surface area contributed by atoms with Gasteiger partial charge in [0.2, 0.25) is 5.89 Å². The number of nitrogens with zero attached hydrogens (tertiary/aromatic N) is 2. The number of hydrogen-bond acceptors (Lipinski definition) is 4. The summed E-state index contributed by atoms with van der Waals surface area (Å²) in [7, 11) is 0. The largest absolute Gasteiger partial charge is 0.456 e. The summed E-state index contributed by atoms with van der Waals surface area (Å²) in [6.07, 6.45) is 0. The van der Waals surface area contributed by atoms with Gasteiger partial charge < -0.3 is 13.7 Å². The highest BCUT2D eigenvalue weighted by Gasteiger charge is 2.19. The fourth-order valence-corrected chi connectivity index (χ4v) is 8.02. The lowest BCUT2D eigenvalue weighted by Gasteiger charge is -2.26. The first-order chi connectivity index (χ1) is 27.2. The van der Waals surface area contributed by atoms with E-state index in [1.54, 1.807) is 0 Å². The number of fused-ring (bicyclic) bond motifs is 7. The predicted octanol–water partition coefficient (Wildman–Crippen LogP) is 14.5. The Balaban J connectivity index is 1.04. The summed E-state index contributed by atoms with van der Waals surface area (Å²) in [5.74, 6) is 0.600. The van der Waals surface area contributed by atoms with Gasteiger partial charge in [0.1, 0.15) is 16.7 Å². The molecule has 11 aromatic rings. The van der Waals surface area contributed by atoms with Gasteiger partial charge in [-0.15, -0.1) is 0 Å². The molecule has 0 radical (unpaired) electrons. The van der Waals surface area contributed by atoms with Crippen LogP contribution in [-0.2, 0) is 0 Å². The van der Waals surface area contributed by atoms with Gasteiger partial charge in [-0.05, 0) is 104 Å². The quantitative estimate of drug-likeness (QED) is 0.162. The first-order valence-corrected chi connectivity index (χ1v) is 18.5. The number of benzene rings is 9. The topological polar surface area (TPSA) is 42.4 Å². The standard InChI is InChI=1S/C51H32N2O2/c1-3-12-33(13-4-1)36-17-11-18-39(28-36)53(38-24-22-34(23-25-38)45-29-37-16-7-8-19-41(37)42-20-9-10-21-43(42)45)40-26-27-44-46-31-47-50(32-49(46)54-48(44)30-40)55-51(52-47)35-14-5-2-6-15-35/h1-32H. The van der Waals surface area contributed by atoms with E-state index >= 15 is 0 Å². The molecule has 0 unspecified atom stereocenters. The maximum Gasteiger partial charge on any atom is 0.227 e. The Labute approximate surface area is 317 Å². The van der Waals surface area contributed by atoms with E-state index in [9.17, 15) is 0 Å². The molecule has 0 fully saturated rings. The van der Waals surface area contributed by atoms with Crippen molar-refractivity contribution in [1.29, 1.82) is 0 Å². The summed E-state index contributed by atoms with van der Waals surface area (Å²) in [6, 6.07) is 68.3. The van der Waals surface area contributed by atoms with Gasteiger partial charge in [-0.3, -0.25) is 0 Å². The van der Waals surface area contributed by atoms with E-state index < -0.39 is 0 Å². The molecule has 55 heavy (non-hydrogen) atoms. The predicted molar refractivity (Wildman–Crippen MR) is 227 cm³/mol. The lowest BCUT2D eigenvalue weighted by molar-refractivity contribution is 0.617. The summed E-state index contributed by atoms with van der Waals surface area (Å²) in [4.78, 5) is 7.13. The first-order valence-electron chi connectivity index (χ1n) is 18.5. The molecular formula is C51H32N2O2. The van der Waals surface area contributed by atoms with Crippen molar-refractivity contribution >= 4 is 71.6 Å². The average Bonchev–Trinajstić information content (AvgIpc) is 3.84. The fourth-order valence-electron chi connectivity index (χ4n) is 8.02. The van der Waals surface area contributed by atoms with Crippen molar-refractivity contribution in [1.82, 2.24) is 4.98 Å². The van der Waals surface area contributed by atoms with E-state index in [0.717, 1.165) is 55.6 Å². The van der Waals surface area contributed by atoms with Gasteiger partial charge in [-0.25, -0.2) is 4.98 Å². The van der Waals surface area contributed by atoms with Crippen LogP contribution in [0.2, 0.25) is 0 Å². The van der Waals surface area contributed by atoms with Gasteiger partial charge in [-0.2, -0.15) is 0 Å². The third kappa shape index (κ3) is 5.34. The third-order valence-electron chi connectivity index (χ3n) is 10.7. The van der Waals surface area contributed by atoms with E-state index in [2.05, 4.69) is 163 Å². The summed E-state index contributed by atoms with van der Waals surface area (Å²) >= 11 is 0. The van der Waals surface area contributed by atoms with E-state index in [1.807, 2.05) is 36.4 Å². The van der Waals surface area contributed by atoms with Gasteiger partial charge in [0.05, 0.1) is 0 Å². The number of aromatic nitrogens is 1. The second-order valence-electron chi connectivity index (χ2n) is 14.0. The molecule has 258 valence electrons. The van der Waals surface area contributed by atoms with Crippen molar-refractivity contribution < 1.29 is 8.83 Å². The monoisotopic (exact) mass is 704 g/mol. The van der Waals surface area contributed by atoms with Crippen LogP contribution in [0.25, 0.3) is 88.3 Å². The van der Waals surface area contributed by atoms with Crippen LogP contribution in [0, 0.1) is 0 Å². The van der Waals surface area contributed by atoms with E-state index in [4.69, 9.17) is 13.8 Å². The van der Waals surface area contributed by atoms with E-state index in [1.165, 1.54) is 38.2 Å². The molecule has 4 nitrogen and oxygen atoms in total. The van der Waals surface area contributed by atoms with Crippen LogP contribution in [0.1, 0.15) is 0 Å². The fraction of sp³-hybridized carbons (Fsp3) is 0. The normalized spacial score (nSPS) is 11.6. The summed E-state index contributed by atoms with van der Waals surface area (Å²) in [5, 5.41) is 7.05. The van der Waals surface area contributed by atoms with Crippen molar-refractivity contribution in [3.63, 3.8) is 0 Å². The molecule has 0 aliphatic rings. The van der Waals surface area contributed by atoms with Crippen LogP contribution in [0.4, 0.5) is 17.1 Å². The van der Waals surface area contributed by atoms with Crippen molar-refractivity contribution in [3.05, 3.63) is 194 Å². The molecule has 4 heteroatoms. The van der Waals surface area contributed by atoms with Crippen molar-refractivity contribution in [2.24, 2.45) is 0 Å². The van der Waals surface area contributed by atoms with E-state index in [0.29, 0.717) is 11.5 Å². The molecule has 0 aliphatic heterocycles. The van der Waals surface area contributed by atoms with Crippen LogP contribution in [0.3, 0.4) is 0 Å². The number of anilines is 3. The smallest absolute Gasteiger partial charge is 0.227 e. The Hall–Kier alpha value is -7.43. The number of furan rings is 1. The summed E-state index contributed by atoms with van der Waals surface area (Å²) < 4.78 is 12.8. The molecule has 0 saturated carbocycles. The Bertz CT molecular complexity index is 3200. The highest BCUT2D eigenvalue weighted by atomic mass is 16.4. The molecule has 0 atom stereocenters. The zero-order valence-electron chi connectivity index (χ0n) is 29.7. The van der Waals surface area contributed by atoms with Crippen LogP contribution in [0.5, 0.6) is 0 Å². The number of hydrogen-bond donors (Lipinski definition) is 0. The van der Waals surface area contributed by atoms with Crippen LogP contribution in [0.15, 0.2) is 203 Å². The molecule has 0 bridgehead atoms. The van der Waals surface area contributed by atoms with Gasteiger partial charge in [0, 0.05) is 45.5 Å². The molecule has 0 spiro atoms. The van der Waals surface area contributed by atoms with Gasteiger partial charge in [0.25, 0.3) is 0 Å². The Kier molecular flexibility index (Phi) is 7.14. The third-order valence-corrected chi connectivity index (χ3v) is 10.7. The molecular weight excluding hydrogens is 673 g/mol. The van der Waals surface area contributed by atoms with Crippen molar-refractivity contribution in [3.8, 4) is 33.7 Å². The maximum atomic E-state index is 6.57. The molecule has 0 aliphatic carbocycles. The second kappa shape index (κ2) is 12.6. The zero-order valence-corrected chi connectivity index (χ0v) is 29.7. The highest BCUT2D eigenvalue weighted by Crippen LogP contribution is 2.42. The zero-order chi connectivity index (χ0) is 36.3. The average molecular weight is 705 g/mol. The lowest BCUT2D eigenvalue weighted by Crippen LogP contribution is -2.10. The highest BCUT2D eigenvalue weighted by molar-refractivity contribution is 6.14. The summed E-state index contributed by atoms with van der Waals surface area (Å²) in [5.41, 5.74) is 11.8. The van der Waals surface area contributed by atoms with Gasteiger partial charge in [0.15, 0.2) is 5.58 Å². The minimum Gasteiger partial charge on any atom is -0.456 e. The van der Waals surface area contributed by atoms with Crippen LogP contribution < -0.4 is 4.90 Å². The molecule has 2 heterocycles. The molecule has 0 amide bonds. The molecule has 0 N–H and O–H groups in total. The molecule has 0 saturated heterocycles. The maximum absolute atomic E-state index is 6.57. The molecule has 9 aromatic carbocycles. The Morgan fingerprint density at radius 2 is 1.00 bits per heavy atom. The Morgan fingerprint density at radius 3 is 1.82 bits per heavy atom. The van der Waals surface area contributed by atoms with Crippen LogP contribution >= 0.6 is 0 Å². The van der Waals surface area contributed by atoms with Crippen molar-refractivity contribution in [2.45, 2.75) is 0 Å². The lowest BCUT2D eigenvalue weighted by atomic mass is 9.93. The summed E-state index contributed by atoms with van der Waals surface area (Å²) in [6.45, 7) is 0. The number of rotatable bonds is 6. The molecule has 2 aromatic heterocycles. The Morgan fingerprint density at radius 1 is 0.345 bits per heavy atom. The minimum atomic E-state index is 0.600. The van der Waals surface area contributed by atoms with Crippen molar-refractivity contribution in [2.75, 3.05) is 4.90 Å². The molecule has 11 rings (SSSR count). The number of oxazole rings is 1. The van der Waals surface area contributed by atoms with Crippen LogP contribution in [-0.4, -0.2) is 4.98 Å². The van der Waals surface area contributed by atoms with Gasteiger partial charge >= 0.3 is 0 Å². The second-order valence-corrected chi connectivity index (χ2v) is 14.0.